The van der Waals surface area contributed by atoms with Gasteiger partial charge in [-0.05, 0) is 69.7 Å². The fraction of sp³-hybridized carbons (Fsp3) is 0.333. The Labute approximate surface area is 271 Å². The molecular formula is C33H38N6O6S. The number of thiazole rings is 1. The van der Waals surface area contributed by atoms with E-state index in [1.54, 1.807) is 68.2 Å². The van der Waals surface area contributed by atoms with Crippen molar-refractivity contribution < 1.29 is 28.6 Å². The van der Waals surface area contributed by atoms with E-state index in [0.717, 1.165) is 20.9 Å². The Hall–Kier alpha value is -4.72. The van der Waals surface area contributed by atoms with Gasteiger partial charge in [0.1, 0.15) is 11.4 Å². The van der Waals surface area contributed by atoms with Crippen LogP contribution in [0, 0.1) is 0 Å². The van der Waals surface area contributed by atoms with Crippen molar-refractivity contribution in [3.8, 4) is 5.75 Å². The fourth-order valence-electron chi connectivity index (χ4n) is 4.70. The first kappa shape index (κ1) is 32.7. The lowest BCUT2D eigenvalue weighted by Crippen LogP contribution is -2.52. The minimum absolute atomic E-state index is 0.312. The van der Waals surface area contributed by atoms with E-state index < -0.39 is 17.8 Å². The molecule has 0 unspecified atom stereocenters. The summed E-state index contributed by atoms with van der Waals surface area (Å²) in [5, 5.41) is 13.1. The Kier molecular flexibility index (Phi) is 10.4. The van der Waals surface area contributed by atoms with Gasteiger partial charge in [0.05, 0.1) is 34.8 Å². The first-order valence-electron chi connectivity index (χ1n) is 15.0. The summed E-state index contributed by atoms with van der Waals surface area (Å²) in [5.74, 6) is 0.143. The van der Waals surface area contributed by atoms with Crippen molar-refractivity contribution in [3.05, 3.63) is 77.9 Å². The number of nitrogens with zero attached hydrogens (tertiary/aromatic N) is 3. The number of aromatic nitrogens is 1. The summed E-state index contributed by atoms with van der Waals surface area (Å²) < 4.78 is 17.3. The smallest absolute Gasteiger partial charge is 0.429 e. The van der Waals surface area contributed by atoms with Gasteiger partial charge < -0.3 is 24.8 Å². The molecule has 1 aliphatic rings. The number of hydrogen-bond donors (Lipinski definition) is 3. The number of nitrogens with one attached hydrogen (secondary N) is 3. The molecule has 242 valence electrons. The summed E-state index contributed by atoms with van der Waals surface area (Å²) in [6.45, 7) is 10.7. The number of anilines is 3. The Morgan fingerprint density at radius 2 is 1.67 bits per heavy atom. The van der Waals surface area contributed by atoms with Gasteiger partial charge in [-0.15, -0.1) is 0 Å². The number of hydrazine groups is 1. The molecule has 1 aromatic heterocycles. The number of fused-ring (bicyclic) bond motifs is 1. The third kappa shape index (κ3) is 8.71. The highest BCUT2D eigenvalue weighted by Gasteiger charge is 2.24. The van der Waals surface area contributed by atoms with Crippen LogP contribution in [-0.4, -0.2) is 71.5 Å². The van der Waals surface area contributed by atoms with Crippen molar-refractivity contribution in [2.45, 2.75) is 39.8 Å². The van der Waals surface area contributed by atoms with Crippen molar-refractivity contribution in [2.24, 2.45) is 0 Å². The number of carbonyl (C=O) groups excluding carboxylic acids is 3. The first-order valence-corrected chi connectivity index (χ1v) is 15.9. The molecular weight excluding hydrogens is 608 g/mol. The molecule has 0 saturated carbocycles. The lowest BCUT2D eigenvalue weighted by molar-refractivity contribution is -0.0693. The molecule has 0 radical (unpaired) electrons. The van der Waals surface area contributed by atoms with Crippen LogP contribution in [0.2, 0.25) is 0 Å². The minimum Gasteiger partial charge on any atom is -0.444 e. The molecule has 3 aromatic carbocycles. The maximum absolute atomic E-state index is 13.0. The van der Waals surface area contributed by atoms with Gasteiger partial charge in [0.15, 0.2) is 5.13 Å². The molecule has 12 nitrogen and oxygen atoms in total. The van der Waals surface area contributed by atoms with Gasteiger partial charge >= 0.3 is 12.2 Å². The second kappa shape index (κ2) is 14.6. The minimum atomic E-state index is -0.646. The van der Waals surface area contributed by atoms with Gasteiger partial charge in [0.25, 0.3) is 5.91 Å². The van der Waals surface area contributed by atoms with Gasteiger partial charge in [-0.2, -0.15) is 0 Å². The maximum atomic E-state index is 13.0. The SMILES string of the molecule is CCN(C(=O)Oc1ccc2nc(NCc3ccc(C(=O)Nc4ccccc4NC(=O)OC(C)(C)C)cc3)sc2c1)N1CCOCC1. The molecule has 2 heterocycles. The summed E-state index contributed by atoms with van der Waals surface area (Å²) in [5.41, 5.74) is 2.46. The highest BCUT2D eigenvalue weighted by atomic mass is 32.1. The van der Waals surface area contributed by atoms with Crippen LogP contribution in [0.1, 0.15) is 43.6 Å². The highest BCUT2D eigenvalue weighted by molar-refractivity contribution is 7.22. The summed E-state index contributed by atoms with van der Waals surface area (Å²) in [7, 11) is 0. The normalized spacial score (nSPS) is 13.6. The zero-order valence-electron chi connectivity index (χ0n) is 26.3. The van der Waals surface area contributed by atoms with E-state index in [-0.39, 0.29) is 5.91 Å². The monoisotopic (exact) mass is 646 g/mol. The van der Waals surface area contributed by atoms with Gasteiger partial charge in [-0.3, -0.25) is 10.1 Å². The number of carbonyl (C=O) groups is 3. The number of amides is 3. The number of morpholine rings is 1. The van der Waals surface area contributed by atoms with Gasteiger partial charge in [-0.25, -0.2) is 24.6 Å². The largest absolute Gasteiger partial charge is 0.444 e. The van der Waals surface area contributed by atoms with Crippen LogP contribution in [-0.2, 0) is 16.0 Å². The van der Waals surface area contributed by atoms with E-state index >= 15 is 0 Å². The Balaban J connectivity index is 1.16. The average Bonchev–Trinajstić information content (AvgIpc) is 3.43. The zero-order chi connectivity index (χ0) is 32.7. The van der Waals surface area contributed by atoms with Crippen LogP contribution < -0.4 is 20.7 Å². The Bertz CT molecular complexity index is 1680. The van der Waals surface area contributed by atoms with Crippen LogP contribution in [0.3, 0.4) is 0 Å². The Morgan fingerprint density at radius 1 is 0.978 bits per heavy atom. The molecule has 0 atom stereocenters. The number of ether oxygens (including phenoxy) is 3. The van der Waals surface area contributed by atoms with E-state index in [0.29, 0.717) is 62.1 Å². The molecule has 4 aromatic rings. The van der Waals surface area contributed by atoms with Crippen molar-refractivity contribution in [2.75, 3.05) is 48.8 Å². The fourth-order valence-corrected chi connectivity index (χ4v) is 5.59. The van der Waals surface area contributed by atoms with E-state index in [2.05, 4.69) is 20.9 Å². The lowest BCUT2D eigenvalue weighted by atomic mass is 10.1. The van der Waals surface area contributed by atoms with E-state index in [4.69, 9.17) is 14.2 Å². The van der Waals surface area contributed by atoms with Crippen molar-refractivity contribution in [1.29, 1.82) is 0 Å². The van der Waals surface area contributed by atoms with Crippen molar-refractivity contribution >= 4 is 56.2 Å². The third-order valence-electron chi connectivity index (χ3n) is 6.87. The van der Waals surface area contributed by atoms with Gasteiger partial charge in [-0.1, -0.05) is 35.6 Å². The second-order valence-corrected chi connectivity index (χ2v) is 12.5. The molecule has 0 spiro atoms. The molecule has 3 amide bonds. The molecule has 1 saturated heterocycles. The summed E-state index contributed by atoms with van der Waals surface area (Å²) >= 11 is 1.46. The number of rotatable bonds is 9. The predicted molar refractivity (Wildman–Crippen MR) is 178 cm³/mol. The second-order valence-electron chi connectivity index (χ2n) is 11.5. The highest BCUT2D eigenvalue weighted by Crippen LogP contribution is 2.30. The molecule has 0 aliphatic carbocycles. The molecule has 1 fully saturated rings. The summed E-state index contributed by atoms with van der Waals surface area (Å²) in [6, 6.07) is 19.5. The van der Waals surface area contributed by atoms with Gasteiger partial charge in [0, 0.05) is 37.8 Å². The van der Waals surface area contributed by atoms with Crippen LogP contribution >= 0.6 is 11.3 Å². The summed E-state index contributed by atoms with van der Waals surface area (Å²) in [4.78, 5) is 42.7. The molecule has 5 rings (SSSR count). The molecule has 0 bridgehead atoms. The van der Waals surface area contributed by atoms with Gasteiger partial charge in [0.2, 0.25) is 0 Å². The molecule has 46 heavy (non-hydrogen) atoms. The zero-order valence-corrected chi connectivity index (χ0v) is 27.1. The standard InChI is InChI=1S/C33H38N6O6S/c1-5-39(38-16-18-43-19-17-38)32(42)44-24-14-15-27-28(20-24)46-30(36-27)34-21-22-10-12-23(13-11-22)29(40)35-25-8-6-7-9-26(25)37-31(41)45-33(2,3)4/h6-15,20H,5,16-19,21H2,1-4H3,(H,34,36)(H,35,40)(H,37,41). The third-order valence-corrected chi connectivity index (χ3v) is 7.85. The maximum Gasteiger partial charge on any atom is 0.429 e. The number of benzene rings is 3. The van der Waals surface area contributed by atoms with E-state index in [1.165, 1.54) is 11.3 Å². The Morgan fingerprint density at radius 3 is 2.35 bits per heavy atom. The van der Waals surface area contributed by atoms with Crippen molar-refractivity contribution in [1.82, 2.24) is 15.0 Å². The molecule has 3 N–H and O–H groups in total. The quantitative estimate of drug-likeness (QED) is 0.184. The van der Waals surface area contributed by atoms with Crippen LogP contribution in [0.25, 0.3) is 10.2 Å². The van der Waals surface area contributed by atoms with E-state index in [1.807, 2.05) is 36.2 Å². The van der Waals surface area contributed by atoms with Crippen molar-refractivity contribution in [3.63, 3.8) is 0 Å². The summed E-state index contributed by atoms with van der Waals surface area (Å²) in [6.07, 6.45) is -1.03. The van der Waals surface area contributed by atoms with Crippen LogP contribution in [0.5, 0.6) is 5.75 Å². The van der Waals surface area contributed by atoms with Crippen LogP contribution in [0.4, 0.5) is 26.1 Å². The topological polar surface area (TPSA) is 134 Å². The number of hydrogen-bond acceptors (Lipinski definition) is 10. The number of para-hydroxylation sites is 2. The molecule has 1 aliphatic heterocycles. The molecule has 13 heteroatoms. The van der Waals surface area contributed by atoms with Crippen LogP contribution in [0.15, 0.2) is 66.7 Å². The average molecular weight is 647 g/mol. The lowest BCUT2D eigenvalue weighted by Gasteiger charge is -2.35. The predicted octanol–water partition coefficient (Wildman–Crippen LogP) is 6.58. The van der Waals surface area contributed by atoms with E-state index in [9.17, 15) is 14.4 Å². The first-order chi connectivity index (χ1) is 22.1.